The van der Waals surface area contributed by atoms with Crippen LogP contribution in [0.4, 0.5) is 33.6 Å². The van der Waals surface area contributed by atoms with E-state index in [0.29, 0.717) is 39.3 Å². The van der Waals surface area contributed by atoms with Crippen LogP contribution in [0.2, 0.25) is 0 Å². The number of likely N-dealkylation sites (tertiary alicyclic amines) is 1. The van der Waals surface area contributed by atoms with Gasteiger partial charge in [-0.1, -0.05) is 0 Å². The van der Waals surface area contributed by atoms with Gasteiger partial charge in [-0.25, -0.2) is 37.7 Å². The van der Waals surface area contributed by atoms with Crippen molar-refractivity contribution >= 4 is 40.4 Å². The zero-order valence-electron chi connectivity index (χ0n) is 35.2. The summed E-state index contributed by atoms with van der Waals surface area (Å²) in [4.78, 5) is 54.7. The van der Waals surface area contributed by atoms with Gasteiger partial charge in [-0.2, -0.15) is 33.9 Å². The van der Waals surface area contributed by atoms with Crippen molar-refractivity contribution in [1.29, 1.82) is 10.5 Å². The van der Waals surface area contributed by atoms with E-state index in [-0.39, 0.29) is 64.8 Å². The van der Waals surface area contributed by atoms with Crippen molar-refractivity contribution in [3.8, 4) is 46.4 Å². The first-order valence-corrected chi connectivity index (χ1v) is 19.7. The van der Waals surface area contributed by atoms with Crippen LogP contribution in [0.1, 0.15) is 38.8 Å². The molecule has 22 nitrogen and oxygen atoms in total. The Morgan fingerprint density at radius 1 is 0.776 bits per heavy atom. The highest BCUT2D eigenvalue weighted by molar-refractivity contribution is 5.99. The molecule has 0 bridgehead atoms. The first-order chi connectivity index (χ1) is 31.8. The number of ether oxygens (including phenoxy) is 2. The minimum Gasteiger partial charge on any atom is -0.480 e. The molecule has 1 unspecified atom stereocenters. The number of fused-ring (bicyclic) bond motifs is 2. The number of nitriles is 2. The van der Waals surface area contributed by atoms with E-state index in [1.165, 1.54) is 66.5 Å². The van der Waals surface area contributed by atoms with E-state index in [4.69, 9.17) is 20.9 Å². The third-order valence-corrected chi connectivity index (χ3v) is 10.8. The number of nitrogens with one attached hydrogen (secondary N) is 3. The zero-order chi connectivity index (χ0) is 48.5. The number of carbonyl (C=O) groups excluding carboxylic acids is 3. The van der Waals surface area contributed by atoms with Crippen LogP contribution in [0.3, 0.4) is 0 Å². The number of aliphatic hydroxyl groups is 1. The summed E-state index contributed by atoms with van der Waals surface area (Å²) < 4.78 is 80.8. The van der Waals surface area contributed by atoms with Crippen molar-refractivity contribution in [2.45, 2.75) is 43.1 Å². The summed E-state index contributed by atoms with van der Waals surface area (Å²) in [6, 6.07) is 7.90. The van der Waals surface area contributed by atoms with Gasteiger partial charge in [0.2, 0.25) is 17.4 Å². The minimum atomic E-state index is -5.28. The van der Waals surface area contributed by atoms with Crippen LogP contribution in [-0.2, 0) is 4.79 Å². The smallest absolute Gasteiger partial charge is 0.426 e. The summed E-state index contributed by atoms with van der Waals surface area (Å²) in [6.07, 6.45) is -3.17. The molecular formula is C40H37F5N16O6. The Morgan fingerprint density at radius 3 is 1.67 bits per heavy atom. The van der Waals surface area contributed by atoms with Gasteiger partial charge in [-0.15, -0.1) is 0 Å². The van der Waals surface area contributed by atoms with Crippen molar-refractivity contribution in [2.24, 2.45) is 0 Å². The number of carbonyl (C=O) groups is 3. The predicted molar refractivity (Wildman–Crippen MR) is 222 cm³/mol. The SMILES string of the molecule is COc1ncc(-c2c(C#N)cc3c(N)ncnn23)cc1C(=O)N[C@@H]1CN(C(=O)C(C)(O)C(F)(F)F)C[C@@H]1F.COc1ncc(-c2c(C#N)cc3c(N)ncnn23)cc1C(=O)N[C@@H]1CNC[C@@H]1F. The lowest BCUT2D eigenvalue weighted by Gasteiger charge is -2.29. The Hall–Kier alpha value is -8.30. The van der Waals surface area contributed by atoms with Gasteiger partial charge in [0.25, 0.3) is 17.7 Å². The third-order valence-electron chi connectivity index (χ3n) is 10.8. The Labute approximate surface area is 374 Å². The molecule has 8 N–H and O–H groups in total. The molecule has 5 atom stereocenters. The molecule has 2 aliphatic heterocycles. The van der Waals surface area contributed by atoms with E-state index >= 15 is 0 Å². The fourth-order valence-electron chi connectivity index (χ4n) is 7.33. The Morgan fingerprint density at radius 2 is 1.25 bits per heavy atom. The van der Waals surface area contributed by atoms with Gasteiger partial charge < -0.3 is 46.9 Å². The van der Waals surface area contributed by atoms with E-state index in [1.54, 1.807) is 6.07 Å². The maximum absolute atomic E-state index is 14.7. The third kappa shape index (κ3) is 8.79. The van der Waals surface area contributed by atoms with Crippen molar-refractivity contribution < 1.29 is 50.9 Å². The minimum absolute atomic E-state index is 0.0844. The summed E-state index contributed by atoms with van der Waals surface area (Å²) in [5.74, 6) is -2.94. The summed E-state index contributed by atoms with van der Waals surface area (Å²) in [6.45, 7) is -0.598. The molecule has 0 radical (unpaired) electrons. The first kappa shape index (κ1) is 46.7. The maximum atomic E-state index is 14.7. The van der Waals surface area contributed by atoms with Crippen LogP contribution in [0.5, 0.6) is 11.8 Å². The van der Waals surface area contributed by atoms with Crippen LogP contribution in [0.25, 0.3) is 33.5 Å². The molecule has 0 spiro atoms. The van der Waals surface area contributed by atoms with Crippen LogP contribution in [0, 0.1) is 22.7 Å². The lowest BCUT2D eigenvalue weighted by Crippen LogP contribution is -2.56. The lowest BCUT2D eigenvalue weighted by molar-refractivity contribution is -0.249. The van der Waals surface area contributed by atoms with Crippen LogP contribution < -0.4 is 36.9 Å². The predicted octanol–water partition coefficient (Wildman–Crippen LogP) is 1.14. The van der Waals surface area contributed by atoms with Crippen molar-refractivity contribution in [2.75, 3.05) is 51.9 Å². The fourth-order valence-corrected chi connectivity index (χ4v) is 7.33. The number of nitrogens with zero attached hydrogens (tertiary/aromatic N) is 11. The molecule has 6 aromatic heterocycles. The van der Waals surface area contributed by atoms with Crippen LogP contribution >= 0.6 is 0 Å². The summed E-state index contributed by atoms with van der Waals surface area (Å²) >= 11 is 0. The molecule has 3 amide bonds. The molecule has 0 saturated carbocycles. The second-order valence-electron chi connectivity index (χ2n) is 15.1. The summed E-state index contributed by atoms with van der Waals surface area (Å²) in [5, 5.41) is 44.9. The standard InChI is InChI=1S/C22H20F4N8O4.C18H17FN8O2/c1-21(37,22(24,25)26)20(36)33-7-13(23)14(8-33)32-18(35)12-3-11(6-29-19(12)38-2)16-10(5-27)4-15-17(28)30-9-31-34(15)16;1-29-18-11(17(28)26-13-7-22-6-12(13)19)2-10(5-23-18)15-9(4-20)3-14-16(21)24-8-25-27(14)15/h3-4,6,9,13-14,37H,7-8H2,1-2H3,(H,32,35)(H2,28,30,31);2-3,5,8,12-13,22H,6-7H2,1H3,(H,26,28)(H2,21,24,25)/t13-,14+,21?;12-,13+/m00/s1. The van der Waals surface area contributed by atoms with Gasteiger partial charge in [-0.3, -0.25) is 14.4 Å². The number of aromatic nitrogens is 8. The number of rotatable bonds is 9. The molecule has 2 fully saturated rings. The number of anilines is 2. The van der Waals surface area contributed by atoms with Gasteiger partial charge in [0, 0.05) is 43.2 Å². The highest BCUT2D eigenvalue weighted by atomic mass is 19.4. The number of nitrogen functional groups attached to an aromatic ring is 2. The van der Waals surface area contributed by atoms with E-state index in [1.807, 2.05) is 6.07 Å². The van der Waals surface area contributed by atoms with E-state index in [9.17, 15) is 52.0 Å². The molecule has 67 heavy (non-hydrogen) atoms. The van der Waals surface area contributed by atoms with Gasteiger partial charge >= 0.3 is 6.18 Å². The first-order valence-electron chi connectivity index (χ1n) is 19.7. The van der Waals surface area contributed by atoms with Gasteiger partial charge in [0.1, 0.15) is 59.3 Å². The number of hydrogen-bond donors (Lipinski definition) is 6. The van der Waals surface area contributed by atoms with Crippen LogP contribution in [-0.4, -0.2) is 143 Å². The molecule has 2 aliphatic rings. The molecule has 8 rings (SSSR count). The lowest BCUT2D eigenvalue weighted by atomic mass is 10.1. The van der Waals surface area contributed by atoms with Gasteiger partial charge in [0.05, 0.1) is 55.4 Å². The topological polar surface area (TPSA) is 315 Å². The Kier molecular flexibility index (Phi) is 12.7. The maximum Gasteiger partial charge on any atom is 0.426 e. The summed E-state index contributed by atoms with van der Waals surface area (Å²) in [7, 11) is 2.61. The average molecular weight is 933 g/mol. The molecule has 8 heterocycles. The number of nitrogens with two attached hydrogens (primary N) is 2. The van der Waals surface area contributed by atoms with Crippen molar-refractivity contribution in [1.82, 2.24) is 60.0 Å². The quantitative estimate of drug-likeness (QED) is 0.111. The number of pyridine rings is 2. The molecule has 0 aromatic carbocycles. The zero-order valence-corrected chi connectivity index (χ0v) is 35.2. The molecule has 348 valence electrons. The average Bonchev–Trinajstić information content (AvgIpc) is 4.10. The van der Waals surface area contributed by atoms with Crippen LogP contribution in [0.15, 0.2) is 49.3 Å². The van der Waals surface area contributed by atoms with E-state index < -0.39 is 67.0 Å². The van der Waals surface area contributed by atoms with Crippen molar-refractivity contribution in [3.05, 3.63) is 71.6 Å². The number of alkyl halides is 5. The molecule has 27 heteroatoms. The number of methoxy groups -OCH3 is 2. The van der Waals surface area contributed by atoms with E-state index in [0.717, 1.165) is 0 Å². The fraction of sp³-hybridized carbons (Fsp3) is 0.325. The monoisotopic (exact) mass is 932 g/mol. The largest absolute Gasteiger partial charge is 0.480 e. The molecule has 0 aliphatic carbocycles. The second-order valence-corrected chi connectivity index (χ2v) is 15.1. The normalized spacial score (nSPS) is 18.9. The number of hydrogen-bond acceptors (Lipinski definition) is 17. The van der Waals surface area contributed by atoms with Crippen molar-refractivity contribution in [3.63, 3.8) is 0 Å². The second kappa shape index (κ2) is 18.3. The van der Waals surface area contributed by atoms with E-state index in [2.05, 4.69) is 52.2 Å². The number of halogens is 5. The highest BCUT2D eigenvalue weighted by Gasteiger charge is 2.58. The molecule has 2 saturated heterocycles. The Bertz CT molecular complexity index is 3000. The Balaban J connectivity index is 0.000000206. The highest BCUT2D eigenvalue weighted by Crippen LogP contribution is 2.35. The molecular weight excluding hydrogens is 896 g/mol. The summed E-state index contributed by atoms with van der Waals surface area (Å²) in [5.41, 5.74) is 10.5. The molecule has 6 aromatic rings. The van der Waals surface area contributed by atoms with Gasteiger partial charge in [0.15, 0.2) is 11.6 Å². The number of amides is 3. The van der Waals surface area contributed by atoms with Gasteiger partial charge in [-0.05, 0) is 31.2 Å².